The molecule has 1 amide bonds. The van der Waals surface area contributed by atoms with Gasteiger partial charge in [-0.1, -0.05) is 6.07 Å². The van der Waals surface area contributed by atoms with Gasteiger partial charge in [0.15, 0.2) is 0 Å². The molecule has 7 heteroatoms. The van der Waals surface area contributed by atoms with Crippen LogP contribution in [-0.2, 0) is 11.2 Å². The molecule has 5 nitrogen and oxygen atoms in total. The maximum atomic E-state index is 12.5. The maximum absolute atomic E-state index is 12.5. The zero-order valence-corrected chi connectivity index (χ0v) is 13.2. The highest BCUT2D eigenvalue weighted by atomic mass is 19.3. The number of anilines is 1. The van der Waals surface area contributed by atoms with Crippen molar-refractivity contribution in [3.63, 3.8) is 0 Å². The zero-order valence-electron chi connectivity index (χ0n) is 13.2. The quantitative estimate of drug-likeness (QED) is 0.875. The Labute approximate surface area is 128 Å². The molecule has 0 aliphatic carbocycles. The lowest BCUT2D eigenvalue weighted by atomic mass is 10.1. The van der Waals surface area contributed by atoms with E-state index in [9.17, 15) is 13.6 Å². The smallest absolute Gasteiger partial charge is 0.412 e. The second-order valence-corrected chi connectivity index (χ2v) is 5.86. The molecule has 0 saturated heterocycles. The molecule has 124 valence electrons. The van der Waals surface area contributed by atoms with Crippen molar-refractivity contribution < 1.29 is 23.0 Å². The Morgan fingerprint density at radius 1 is 1.36 bits per heavy atom. The average Bonchev–Trinajstić information content (AvgIpc) is 2.37. The SMILES string of the molecule is COc1cc(NC(=O)OC(C)(C)C)ccc1CC(N)C(F)F. The minimum absolute atomic E-state index is 0.0203. The highest BCUT2D eigenvalue weighted by molar-refractivity contribution is 5.85. The van der Waals surface area contributed by atoms with E-state index in [4.69, 9.17) is 15.2 Å². The van der Waals surface area contributed by atoms with Crippen LogP contribution < -0.4 is 15.8 Å². The second kappa shape index (κ2) is 7.40. The van der Waals surface area contributed by atoms with E-state index in [1.807, 2.05) is 0 Å². The van der Waals surface area contributed by atoms with Gasteiger partial charge in [-0.2, -0.15) is 0 Å². The molecule has 22 heavy (non-hydrogen) atoms. The molecule has 0 saturated carbocycles. The van der Waals surface area contributed by atoms with E-state index in [-0.39, 0.29) is 6.42 Å². The van der Waals surface area contributed by atoms with Gasteiger partial charge >= 0.3 is 6.09 Å². The molecule has 0 aliphatic heterocycles. The summed E-state index contributed by atoms with van der Waals surface area (Å²) in [7, 11) is 1.42. The number of carbonyl (C=O) groups is 1. The van der Waals surface area contributed by atoms with Gasteiger partial charge in [0.05, 0.1) is 13.2 Å². The Morgan fingerprint density at radius 3 is 2.50 bits per heavy atom. The van der Waals surface area contributed by atoms with E-state index in [1.165, 1.54) is 13.2 Å². The topological polar surface area (TPSA) is 73.6 Å². The molecule has 1 rings (SSSR count). The third-order valence-corrected chi connectivity index (χ3v) is 2.71. The van der Waals surface area contributed by atoms with Crippen molar-refractivity contribution in [1.82, 2.24) is 0 Å². The molecule has 0 aliphatic rings. The van der Waals surface area contributed by atoms with Crippen molar-refractivity contribution in [3.05, 3.63) is 23.8 Å². The van der Waals surface area contributed by atoms with Crippen LogP contribution in [0.4, 0.5) is 19.3 Å². The summed E-state index contributed by atoms with van der Waals surface area (Å²) in [6, 6.07) is 3.45. The van der Waals surface area contributed by atoms with Gasteiger partial charge in [0.25, 0.3) is 6.43 Å². The Balaban J connectivity index is 2.82. The summed E-state index contributed by atoms with van der Waals surface area (Å²) in [5.74, 6) is 0.379. The Hall–Kier alpha value is -1.89. The third-order valence-electron chi connectivity index (χ3n) is 2.71. The van der Waals surface area contributed by atoms with Crippen LogP contribution in [0, 0.1) is 0 Å². The molecule has 1 aromatic rings. The number of amides is 1. The van der Waals surface area contributed by atoms with E-state index in [0.29, 0.717) is 17.0 Å². The Bertz CT molecular complexity index is 516. The largest absolute Gasteiger partial charge is 0.496 e. The molecule has 0 aromatic heterocycles. The monoisotopic (exact) mass is 316 g/mol. The molecule has 1 unspecified atom stereocenters. The zero-order chi connectivity index (χ0) is 16.9. The molecule has 0 bridgehead atoms. The van der Waals surface area contributed by atoms with Crippen LogP contribution in [-0.4, -0.2) is 31.3 Å². The number of carbonyl (C=O) groups excluding carboxylic acids is 1. The summed E-state index contributed by atoms with van der Waals surface area (Å²) >= 11 is 0. The van der Waals surface area contributed by atoms with Crippen molar-refractivity contribution in [3.8, 4) is 5.75 Å². The van der Waals surface area contributed by atoms with Crippen molar-refractivity contribution in [2.24, 2.45) is 5.73 Å². The maximum Gasteiger partial charge on any atom is 0.412 e. The van der Waals surface area contributed by atoms with E-state index < -0.39 is 24.2 Å². The van der Waals surface area contributed by atoms with Gasteiger partial charge in [0, 0.05) is 11.8 Å². The van der Waals surface area contributed by atoms with Crippen LogP contribution >= 0.6 is 0 Å². The first-order chi connectivity index (χ1) is 10.1. The fourth-order valence-electron chi connectivity index (χ4n) is 1.76. The summed E-state index contributed by atoms with van der Waals surface area (Å²) in [6.45, 7) is 5.26. The van der Waals surface area contributed by atoms with Gasteiger partial charge in [-0.25, -0.2) is 13.6 Å². The number of methoxy groups -OCH3 is 1. The number of halogens is 2. The standard InChI is InChI=1S/C15H22F2N2O3/c1-15(2,3)22-14(20)19-10-6-5-9(12(8-10)21-4)7-11(18)13(16)17/h5-6,8,11,13H,7,18H2,1-4H3,(H,19,20). The lowest BCUT2D eigenvalue weighted by Gasteiger charge is -2.20. The minimum Gasteiger partial charge on any atom is -0.496 e. The molecule has 1 aromatic carbocycles. The molecule has 0 radical (unpaired) electrons. The number of nitrogens with one attached hydrogen (secondary N) is 1. The van der Waals surface area contributed by atoms with E-state index in [1.54, 1.807) is 32.9 Å². The normalized spacial score (nSPS) is 12.9. The van der Waals surface area contributed by atoms with Crippen molar-refractivity contribution >= 4 is 11.8 Å². The highest BCUT2D eigenvalue weighted by Gasteiger charge is 2.19. The first-order valence-electron chi connectivity index (χ1n) is 6.83. The van der Waals surface area contributed by atoms with Crippen molar-refractivity contribution in [2.45, 2.75) is 45.3 Å². The first kappa shape index (κ1) is 18.2. The van der Waals surface area contributed by atoms with Crippen LogP contribution in [0.2, 0.25) is 0 Å². The lowest BCUT2D eigenvalue weighted by Crippen LogP contribution is -2.31. The third kappa shape index (κ3) is 5.85. The van der Waals surface area contributed by atoms with Gasteiger partial charge in [-0.15, -0.1) is 0 Å². The van der Waals surface area contributed by atoms with E-state index >= 15 is 0 Å². The summed E-state index contributed by atoms with van der Waals surface area (Å²) in [4.78, 5) is 11.7. The Morgan fingerprint density at radius 2 is 2.00 bits per heavy atom. The van der Waals surface area contributed by atoms with Gasteiger partial charge in [0.2, 0.25) is 0 Å². The van der Waals surface area contributed by atoms with Crippen LogP contribution in [0.3, 0.4) is 0 Å². The fraction of sp³-hybridized carbons (Fsp3) is 0.533. The van der Waals surface area contributed by atoms with Crippen LogP contribution in [0.1, 0.15) is 26.3 Å². The number of hydrogen-bond acceptors (Lipinski definition) is 4. The van der Waals surface area contributed by atoms with Gasteiger partial charge in [0.1, 0.15) is 11.4 Å². The van der Waals surface area contributed by atoms with E-state index in [2.05, 4.69) is 5.32 Å². The lowest BCUT2D eigenvalue weighted by molar-refractivity contribution is 0.0636. The van der Waals surface area contributed by atoms with E-state index in [0.717, 1.165) is 0 Å². The summed E-state index contributed by atoms with van der Waals surface area (Å²) in [5.41, 5.74) is 5.74. The Kier molecular flexibility index (Phi) is 6.11. The second-order valence-electron chi connectivity index (χ2n) is 5.86. The van der Waals surface area contributed by atoms with Crippen molar-refractivity contribution in [1.29, 1.82) is 0 Å². The molecule has 3 N–H and O–H groups in total. The summed E-state index contributed by atoms with van der Waals surface area (Å²) in [6.07, 6.45) is -3.23. The molecular formula is C15H22F2N2O3. The molecule has 1 atom stereocenters. The number of rotatable bonds is 5. The first-order valence-corrected chi connectivity index (χ1v) is 6.83. The van der Waals surface area contributed by atoms with Gasteiger partial charge in [-0.05, 0) is 38.8 Å². The predicted octanol–water partition coefficient (Wildman–Crippen LogP) is 3.18. The highest BCUT2D eigenvalue weighted by Crippen LogP contribution is 2.25. The van der Waals surface area contributed by atoms with Crippen LogP contribution in [0.15, 0.2) is 18.2 Å². The van der Waals surface area contributed by atoms with Crippen molar-refractivity contribution in [2.75, 3.05) is 12.4 Å². The summed E-state index contributed by atoms with van der Waals surface area (Å²) < 4.78 is 35.3. The number of ether oxygens (including phenoxy) is 2. The number of nitrogens with two attached hydrogens (primary N) is 1. The predicted molar refractivity (Wildman–Crippen MR) is 80.5 cm³/mol. The van der Waals surface area contributed by atoms with Crippen LogP contribution in [0.25, 0.3) is 0 Å². The molecular weight excluding hydrogens is 294 g/mol. The number of benzene rings is 1. The number of alkyl halides is 2. The van der Waals surface area contributed by atoms with Gasteiger partial charge in [-0.3, -0.25) is 5.32 Å². The average molecular weight is 316 g/mol. The van der Waals surface area contributed by atoms with Crippen LogP contribution in [0.5, 0.6) is 5.75 Å². The minimum atomic E-state index is -2.61. The fourth-order valence-corrected chi connectivity index (χ4v) is 1.76. The number of hydrogen-bond donors (Lipinski definition) is 2. The molecule has 0 spiro atoms. The molecule has 0 heterocycles. The summed E-state index contributed by atoms with van der Waals surface area (Å²) in [5, 5.41) is 2.56. The van der Waals surface area contributed by atoms with Gasteiger partial charge < -0.3 is 15.2 Å². The molecule has 0 fully saturated rings.